The Morgan fingerprint density at radius 3 is 2.83 bits per heavy atom. The zero-order valence-corrected chi connectivity index (χ0v) is 10.4. The van der Waals surface area contributed by atoms with Crippen LogP contribution in [-0.2, 0) is 4.79 Å². The molecular formula is C13H16FN3O. The highest BCUT2D eigenvalue weighted by atomic mass is 19.1. The summed E-state index contributed by atoms with van der Waals surface area (Å²) in [5, 5.41) is 11.3. The predicted molar refractivity (Wildman–Crippen MR) is 67.2 cm³/mol. The van der Waals surface area contributed by atoms with Crippen LogP contribution in [0.3, 0.4) is 0 Å². The van der Waals surface area contributed by atoms with Crippen LogP contribution in [-0.4, -0.2) is 11.9 Å². The van der Waals surface area contributed by atoms with Crippen LogP contribution < -0.4 is 11.1 Å². The number of hydrogen-bond donors (Lipinski definition) is 2. The Morgan fingerprint density at radius 1 is 1.61 bits per heavy atom. The van der Waals surface area contributed by atoms with Crippen LogP contribution >= 0.6 is 0 Å². The van der Waals surface area contributed by atoms with Gasteiger partial charge in [0.15, 0.2) is 0 Å². The van der Waals surface area contributed by atoms with E-state index < -0.39 is 11.9 Å². The van der Waals surface area contributed by atoms with Gasteiger partial charge in [-0.3, -0.25) is 4.79 Å². The summed E-state index contributed by atoms with van der Waals surface area (Å²) in [7, 11) is 0. The van der Waals surface area contributed by atoms with Crippen molar-refractivity contribution in [1.29, 1.82) is 5.26 Å². The summed E-state index contributed by atoms with van der Waals surface area (Å²) in [5.41, 5.74) is 6.03. The molecule has 4 nitrogen and oxygen atoms in total. The van der Waals surface area contributed by atoms with Crippen molar-refractivity contribution in [3.63, 3.8) is 0 Å². The smallest absolute Gasteiger partial charge is 0.241 e. The van der Waals surface area contributed by atoms with E-state index in [2.05, 4.69) is 5.32 Å². The normalized spacial score (nSPS) is 13.5. The molecule has 96 valence electrons. The molecule has 1 amide bonds. The molecule has 1 unspecified atom stereocenters. The van der Waals surface area contributed by atoms with Gasteiger partial charge in [0.25, 0.3) is 0 Å². The number of nitrogens with one attached hydrogen (secondary N) is 1. The Hall–Kier alpha value is -1.93. The number of nitrogens with zero attached hydrogens (tertiary/aromatic N) is 1. The third-order valence-electron chi connectivity index (χ3n) is 2.91. The molecule has 0 saturated heterocycles. The van der Waals surface area contributed by atoms with E-state index in [1.807, 2.05) is 13.8 Å². The minimum Gasteiger partial charge on any atom is -0.325 e. The van der Waals surface area contributed by atoms with E-state index >= 15 is 0 Å². The topological polar surface area (TPSA) is 78.9 Å². The second-order valence-electron chi connectivity index (χ2n) is 4.21. The Bertz CT molecular complexity index is 482. The van der Waals surface area contributed by atoms with Crippen molar-refractivity contribution in [3.8, 4) is 6.07 Å². The first-order valence-electron chi connectivity index (χ1n) is 5.75. The van der Waals surface area contributed by atoms with Crippen LogP contribution in [0.25, 0.3) is 0 Å². The van der Waals surface area contributed by atoms with Gasteiger partial charge in [-0.15, -0.1) is 0 Å². The first-order chi connectivity index (χ1) is 8.49. The summed E-state index contributed by atoms with van der Waals surface area (Å²) in [6, 6.07) is 4.92. The summed E-state index contributed by atoms with van der Waals surface area (Å²) >= 11 is 0. The van der Waals surface area contributed by atoms with E-state index in [1.165, 1.54) is 12.1 Å². The van der Waals surface area contributed by atoms with Gasteiger partial charge in [-0.1, -0.05) is 20.3 Å². The largest absolute Gasteiger partial charge is 0.325 e. The van der Waals surface area contributed by atoms with Crippen LogP contribution in [0, 0.1) is 23.1 Å². The molecule has 0 aliphatic carbocycles. The van der Waals surface area contributed by atoms with Gasteiger partial charge < -0.3 is 11.1 Å². The standard InChI is InChI=1S/C13H16FN3O/c1-3-8(2)12(16)13(18)17-10-4-5-11(14)9(6-10)7-15/h4-6,8,12H,3,16H2,1-2H3,(H,17,18)/t8?,12-/m0/s1. The SMILES string of the molecule is CCC(C)[C@H](N)C(=O)Nc1ccc(F)c(C#N)c1. The molecule has 0 heterocycles. The number of halogens is 1. The number of hydrogen-bond acceptors (Lipinski definition) is 3. The average molecular weight is 249 g/mol. The van der Waals surface area contributed by atoms with E-state index in [0.717, 1.165) is 12.5 Å². The van der Waals surface area contributed by atoms with Crippen LogP contribution in [0.4, 0.5) is 10.1 Å². The molecule has 0 spiro atoms. The molecule has 1 aromatic carbocycles. The lowest BCUT2D eigenvalue weighted by Gasteiger charge is -2.17. The molecular weight excluding hydrogens is 233 g/mol. The maximum Gasteiger partial charge on any atom is 0.241 e. The van der Waals surface area contributed by atoms with Gasteiger partial charge in [-0.2, -0.15) is 5.26 Å². The van der Waals surface area contributed by atoms with Crippen molar-refractivity contribution in [2.24, 2.45) is 11.7 Å². The van der Waals surface area contributed by atoms with Crippen LogP contribution in [0.2, 0.25) is 0 Å². The van der Waals surface area contributed by atoms with Crippen molar-refractivity contribution in [2.45, 2.75) is 26.3 Å². The van der Waals surface area contributed by atoms with Gasteiger partial charge in [-0.05, 0) is 24.1 Å². The lowest BCUT2D eigenvalue weighted by Crippen LogP contribution is -2.40. The Morgan fingerprint density at radius 2 is 2.28 bits per heavy atom. The number of amides is 1. The van der Waals surface area contributed by atoms with Gasteiger partial charge in [0.1, 0.15) is 11.9 Å². The first-order valence-corrected chi connectivity index (χ1v) is 5.75. The molecule has 0 aliphatic rings. The fourth-order valence-electron chi connectivity index (χ4n) is 1.43. The highest BCUT2D eigenvalue weighted by molar-refractivity contribution is 5.95. The minimum atomic E-state index is -0.620. The highest BCUT2D eigenvalue weighted by Crippen LogP contribution is 2.15. The lowest BCUT2D eigenvalue weighted by atomic mass is 9.99. The maximum atomic E-state index is 13.1. The number of carbonyl (C=O) groups is 1. The Balaban J connectivity index is 2.80. The van der Waals surface area contributed by atoms with Crippen LogP contribution in [0.5, 0.6) is 0 Å². The average Bonchev–Trinajstić information content (AvgIpc) is 2.38. The first kappa shape index (κ1) is 14.1. The fraction of sp³-hybridized carbons (Fsp3) is 0.385. The van der Waals surface area contributed by atoms with Crippen molar-refractivity contribution >= 4 is 11.6 Å². The number of benzene rings is 1. The molecule has 2 atom stereocenters. The lowest BCUT2D eigenvalue weighted by molar-refractivity contribution is -0.118. The molecule has 0 saturated carbocycles. The second kappa shape index (κ2) is 6.12. The molecule has 0 radical (unpaired) electrons. The van der Waals surface area contributed by atoms with Gasteiger partial charge >= 0.3 is 0 Å². The van der Waals surface area contributed by atoms with E-state index in [1.54, 1.807) is 6.07 Å². The summed E-state index contributed by atoms with van der Waals surface area (Å²) in [5.74, 6) is -0.887. The number of nitrogens with two attached hydrogens (primary N) is 1. The van der Waals surface area contributed by atoms with E-state index in [9.17, 15) is 9.18 Å². The summed E-state index contributed by atoms with van der Waals surface area (Å²) < 4.78 is 13.1. The molecule has 1 aromatic rings. The second-order valence-corrected chi connectivity index (χ2v) is 4.21. The predicted octanol–water partition coefficient (Wildman–Crippen LogP) is 2.01. The summed E-state index contributed by atoms with van der Waals surface area (Å²) in [6.45, 7) is 3.83. The van der Waals surface area contributed by atoms with Crippen molar-refractivity contribution in [3.05, 3.63) is 29.6 Å². The fourth-order valence-corrected chi connectivity index (χ4v) is 1.43. The van der Waals surface area contributed by atoms with Gasteiger partial charge in [0.2, 0.25) is 5.91 Å². The highest BCUT2D eigenvalue weighted by Gasteiger charge is 2.19. The van der Waals surface area contributed by atoms with Gasteiger partial charge in [0, 0.05) is 5.69 Å². The van der Waals surface area contributed by atoms with Gasteiger partial charge in [-0.25, -0.2) is 4.39 Å². The monoisotopic (exact) mass is 249 g/mol. The quantitative estimate of drug-likeness (QED) is 0.856. The van der Waals surface area contributed by atoms with Gasteiger partial charge in [0.05, 0.1) is 11.6 Å². The van der Waals surface area contributed by atoms with E-state index in [0.29, 0.717) is 5.69 Å². The van der Waals surface area contributed by atoms with E-state index in [4.69, 9.17) is 11.0 Å². The van der Waals surface area contributed by atoms with Crippen LogP contribution in [0.1, 0.15) is 25.8 Å². The molecule has 0 aromatic heterocycles. The molecule has 0 aliphatic heterocycles. The Labute approximate surface area is 106 Å². The zero-order valence-electron chi connectivity index (χ0n) is 10.4. The van der Waals surface area contributed by atoms with Crippen LogP contribution in [0.15, 0.2) is 18.2 Å². The minimum absolute atomic E-state index is 0.0564. The Kier molecular flexibility index (Phi) is 4.81. The van der Waals surface area contributed by atoms with Crippen molar-refractivity contribution in [1.82, 2.24) is 0 Å². The number of rotatable bonds is 4. The zero-order chi connectivity index (χ0) is 13.7. The maximum absolute atomic E-state index is 13.1. The van der Waals surface area contributed by atoms with Crippen molar-refractivity contribution in [2.75, 3.05) is 5.32 Å². The van der Waals surface area contributed by atoms with E-state index in [-0.39, 0.29) is 17.4 Å². The summed E-state index contributed by atoms with van der Waals surface area (Å²) in [4.78, 5) is 11.8. The summed E-state index contributed by atoms with van der Waals surface area (Å²) in [6.07, 6.45) is 0.793. The molecule has 3 N–H and O–H groups in total. The molecule has 0 bridgehead atoms. The third-order valence-corrected chi connectivity index (χ3v) is 2.91. The third kappa shape index (κ3) is 3.28. The molecule has 0 fully saturated rings. The molecule has 1 rings (SSSR count). The number of anilines is 1. The number of carbonyl (C=O) groups excluding carboxylic acids is 1. The molecule has 18 heavy (non-hydrogen) atoms. The number of nitriles is 1. The molecule has 5 heteroatoms. The van der Waals surface area contributed by atoms with Crippen molar-refractivity contribution < 1.29 is 9.18 Å².